The lowest BCUT2D eigenvalue weighted by atomic mass is 10.1. The van der Waals surface area contributed by atoms with Crippen LogP contribution >= 0.6 is 11.6 Å². The molecular weight excluding hydrogens is 356 g/mol. The van der Waals surface area contributed by atoms with Crippen molar-refractivity contribution >= 4 is 17.5 Å². The van der Waals surface area contributed by atoms with Gasteiger partial charge in [-0.25, -0.2) is 0 Å². The maximum atomic E-state index is 12.7. The minimum atomic E-state index is -0.600. The summed E-state index contributed by atoms with van der Waals surface area (Å²) in [6, 6.07) is 9.15. The van der Waals surface area contributed by atoms with Gasteiger partial charge < -0.3 is 19.1 Å². The lowest BCUT2D eigenvalue weighted by molar-refractivity contribution is -0.143. The largest absolute Gasteiger partial charge is 0.489 e. The first-order chi connectivity index (χ1) is 12.7. The molecule has 3 heterocycles. The predicted molar refractivity (Wildman–Crippen MR) is 95.8 cm³/mol. The van der Waals surface area contributed by atoms with Crippen LogP contribution in [-0.2, 0) is 4.79 Å². The Morgan fingerprint density at radius 3 is 2.73 bits per heavy atom. The molecule has 4 rings (SSSR count). The Labute approximate surface area is 156 Å². The van der Waals surface area contributed by atoms with Crippen LogP contribution in [0, 0.1) is 0 Å². The zero-order chi connectivity index (χ0) is 17.9. The fourth-order valence-electron chi connectivity index (χ4n) is 3.18. The van der Waals surface area contributed by atoms with Crippen LogP contribution in [0.15, 0.2) is 42.7 Å². The van der Waals surface area contributed by atoms with E-state index < -0.39 is 6.10 Å². The van der Waals surface area contributed by atoms with Gasteiger partial charge in [0.25, 0.3) is 5.91 Å². The van der Waals surface area contributed by atoms with E-state index >= 15 is 0 Å². The Morgan fingerprint density at radius 2 is 1.96 bits per heavy atom. The Bertz CT molecular complexity index is 793. The molecule has 2 aliphatic heterocycles. The number of halogens is 1. The zero-order valence-electron chi connectivity index (χ0n) is 14.1. The number of amides is 1. The standard InChI is InChI=1S/C19H19ClN2O4/c20-14-11-21-8-5-15(14)25-13-6-9-22(10-7-13)19(23)18-12-24-16-3-1-2-4-17(16)26-18/h1-5,8,11,13,18H,6-7,9-10,12H2/t18-/m0/s1. The van der Waals surface area contributed by atoms with Gasteiger partial charge in [-0.1, -0.05) is 23.7 Å². The number of likely N-dealkylation sites (tertiary alicyclic amines) is 1. The number of pyridine rings is 1. The third-order valence-corrected chi connectivity index (χ3v) is 4.85. The maximum Gasteiger partial charge on any atom is 0.267 e. The number of nitrogens with zero attached hydrogens (tertiary/aromatic N) is 2. The van der Waals surface area contributed by atoms with Crippen LogP contribution in [0.2, 0.25) is 5.02 Å². The Morgan fingerprint density at radius 1 is 1.19 bits per heavy atom. The van der Waals surface area contributed by atoms with Gasteiger partial charge in [0.05, 0.1) is 0 Å². The number of piperidine rings is 1. The van der Waals surface area contributed by atoms with Crippen LogP contribution in [0.25, 0.3) is 0 Å². The van der Waals surface area contributed by atoms with Gasteiger partial charge in [0.1, 0.15) is 23.5 Å². The summed E-state index contributed by atoms with van der Waals surface area (Å²) in [6.07, 6.45) is 4.13. The van der Waals surface area contributed by atoms with Crippen molar-refractivity contribution in [2.24, 2.45) is 0 Å². The minimum Gasteiger partial charge on any atom is -0.489 e. The van der Waals surface area contributed by atoms with Crippen LogP contribution in [0.3, 0.4) is 0 Å². The molecule has 6 nitrogen and oxygen atoms in total. The number of rotatable bonds is 3. The quantitative estimate of drug-likeness (QED) is 0.826. The summed E-state index contributed by atoms with van der Waals surface area (Å²) in [6.45, 7) is 1.47. The Hall–Kier alpha value is -2.47. The molecule has 1 atom stereocenters. The monoisotopic (exact) mass is 374 g/mol. The van der Waals surface area contributed by atoms with E-state index in [1.807, 2.05) is 29.2 Å². The fraction of sp³-hybridized carbons (Fsp3) is 0.368. The molecular formula is C19H19ClN2O4. The third-order valence-electron chi connectivity index (χ3n) is 4.57. The Kier molecular flexibility index (Phi) is 4.84. The molecule has 7 heteroatoms. The number of para-hydroxylation sites is 2. The average Bonchev–Trinajstić information content (AvgIpc) is 2.69. The second kappa shape index (κ2) is 7.41. The molecule has 0 bridgehead atoms. The molecule has 136 valence electrons. The highest BCUT2D eigenvalue weighted by molar-refractivity contribution is 6.31. The number of aromatic nitrogens is 1. The second-order valence-corrected chi connectivity index (χ2v) is 6.72. The van der Waals surface area contributed by atoms with Gasteiger partial charge in [-0.15, -0.1) is 0 Å². The molecule has 1 aromatic carbocycles. The van der Waals surface area contributed by atoms with Gasteiger partial charge in [-0.05, 0) is 12.1 Å². The van der Waals surface area contributed by atoms with Crippen molar-refractivity contribution in [3.05, 3.63) is 47.7 Å². The number of hydrogen-bond acceptors (Lipinski definition) is 5. The molecule has 2 aliphatic rings. The molecule has 1 fully saturated rings. The highest BCUT2D eigenvalue weighted by Gasteiger charge is 2.33. The first kappa shape index (κ1) is 17.0. The van der Waals surface area contributed by atoms with E-state index in [4.69, 9.17) is 25.8 Å². The summed E-state index contributed by atoms with van der Waals surface area (Å²) in [5.74, 6) is 1.88. The van der Waals surface area contributed by atoms with Crippen LogP contribution in [0.1, 0.15) is 12.8 Å². The van der Waals surface area contributed by atoms with Gasteiger partial charge in [-0.3, -0.25) is 9.78 Å². The van der Waals surface area contributed by atoms with E-state index in [0.29, 0.717) is 35.4 Å². The van der Waals surface area contributed by atoms with Crippen molar-refractivity contribution in [3.8, 4) is 17.2 Å². The van der Waals surface area contributed by atoms with Gasteiger partial charge in [0.2, 0.25) is 6.10 Å². The van der Waals surface area contributed by atoms with Crippen LogP contribution in [0.5, 0.6) is 17.2 Å². The van der Waals surface area contributed by atoms with Crippen LogP contribution in [0.4, 0.5) is 0 Å². The molecule has 0 aliphatic carbocycles. The normalized spacial score (nSPS) is 19.9. The first-order valence-corrected chi connectivity index (χ1v) is 9.02. The topological polar surface area (TPSA) is 60.9 Å². The first-order valence-electron chi connectivity index (χ1n) is 8.64. The summed E-state index contributed by atoms with van der Waals surface area (Å²) in [5.41, 5.74) is 0. The number of ether oxygens (including phenoxy) is 3. The number of carbonyl (C=O) groups excluding carboxylic acids is 1. The van der Waals surface area contributed by atoms with Gasteiger partial charge in [0, 0.05) is 44.4 Å². The summed E-state index contributed by atoms with van der Waals surface area (Å²) >= 11 is 6.08. The van der Waals surface area contributed by atoms with E-state index in [2.05, 4.69) is 4.98 Å². The Balaban J connectivity index is 1.32. The molecule has 2 aromatic rings. The second-order valence-electron chi connectivity index (χ2n) is 6.31. The smallest absolute Gasteiger partial charge is 0.267 e. The summed E-state index contributed by atoms with van der Waals surface area (Å²) in [7, 11) is 0. The van der Waals surface area contributed by atoms with Gasteiger partial charge in [0.15, 0.2) is 11.5 Å². The number of fused-ring (bicyclic) bond motifs is 1. The van der Waals surface area contributed by atoms with E-state index in [-0.39, 0.29) is 18.6 Å². The van der Waals surface area contributed by atoms with Crippen molar-refractivity contribution in [1.29, 1.82) is 0 Å². The highest BCUT2D eigenvalue weighted by atomic mass is 35.5. The summed E-state index contributed by atoms with van der Waals surface area (Å²) in [4.78, 5) is 18.5. The number of hydrogen-bond donors (Lipinski definition) is 0. The lowest BCUT2D eigenvalue weighted by Gasteiger charge is -2.35. The lowest BCUT2D eigenvalue weighted by Crippen LogP contribution is -2.50. The molecule has 26 heavy (non-hydrogen) atoms. The van der Waals surface area contributed by atoms with Gasteiger partial charge >= 0.3 is 0 Å². The minimum absolute atomic E-state index is 0.0307. The molecule has 0 saturated carbocycles. The predicted octanol–water partition coefficient (Wildman–Crippen LogP) is 2.94. The van der Waals surface area contributed by atoms with E-state index in [0.717, 1.165) is 12.8 Å². The summed E-state index contributed by atoms with van der Waals surface area (Å²) < 4.78 is 17.4. The van der Waals surface area contributed by atoms with Crippen molar-refractivity contribution < 1.29 is 19.0 Å². The van der Waals surface area contributed by atoms with Crippen molar-refractivity contribution in [1.82, 2.24) is 9.88 Å². The van der Waals surface area contributed by atoms with Crippen molar-refractivity contribution in [2.75, 3.05) is 19.7 Å². The fourth-order valence-corrected chi connectivity index (χ4v) is 3.34. The molecule has 1 amide bonds. The maximum absolute atomic E-state index is 12.7. The van der Waals surface area contributed by atoms with Gasteiger partial charge in [-0.2, -0.15) is 0 Å². The number of benzene rings is 1. The molecule has 0 radical (unpaired) electrons. The summed E-state index contributed by atoms with van der Waals surface area (Å²) in [5, 5.41) is 0.498. The van der Waals surface area contributed by atoms with Crippen molar-refractivity contribution in [3.63, 3.8) is 0 Å². The zero-order valence-corrected chi connectivity index (χ0v) is 14.9. The molecule has 1 aromatic heterocycles. The van der Waals surface area contributed by atoms with E-state index in [1.165, 1.54) is 0 Å². The highest BCUT2D eigenvalue weighted by Crippen LogP contribution is 2.32. The third kappa shape index (κ3) is 3.55. The number of carbonyl (C=O) groups is 1. The van der Waals surface area contributed by atoms with Crippen LogP contribution in [-0.4, -0.2) is 47.7 Å². The molecule has 0 spiro atoms. The van der Waals surface area contributed by atoms with E-state index in [1.54, 1.807) is 18.5 Å². The molecule has 0 unspecified atom stereocenters. The van der Waals surface area contributed by atoms with Crippen molar-refractivity contribution in [2.45, 2.75) is 25.0 Å². The molecule has 0 N–H and O–H groups in total. The average molecular weight is 375 g/mol. The van der Waals surface area contributed by atoms with E-state index in [9.17, 15) is 4.79 Å². The molecule has 1 saturated heterocycles. The SMILES string of the molecule is O=C([C@@H]1COc2ccccc2O1)N1CCC(Oc2ccncc2Cl)CC1. The van der Waals surface area contributed by atoms with Crippen LogP contribution < -0.4 is 14.2 Å².